The Balaban J connectivity index is 1.71. The predicted octanol–water partition coefficient (Wildman–Crippen LogP) is 3.06. The van der Waals surface area contributed by atoms with E-state index in [0.29, 0.717) is 17.7 Å². The van der Waals surface area contributed by atoms with E-state index in [9.17, 15) is 14.7 Å². The van der Waals surface area contributed by atoms with Gasteiger partial charge in [0.25, 0.3) is 0 Å². The fourth-order valence-corrected chi connectivity index (χ4v) is 3.01. The first-order valence-corrected chi connectivity index (χ1v) is 9.12. The van der Waals surface area contributed by atoms with Crippen molar-refractivity contribution in [2.75, 3.05) is 0 Å². The van der Waals surface area contributed by atoms with Crippen LogP contribution in [0, 0.1) is 0 Å². The third-order valence-corrected chi connectivity index (χ3v) is 4.46. The normalized spacial score (nSPS) is 11.4. The molecule has 0 atom stereocenters. The minimum atomic E-state index is -0.474. The molecule has 8 heteroatoms. The van der Waals surface area contributed by atoms with E-state index in [4.69, 9.17) is 0 Å². The molecule has 4 aromatic rings. The average Bonchev–Trinajstić information content (AvgIpc) is 3.45. The van der Waals surface area contributed by atoms with Gasteiger partial charge in [0.1, 0.15) is 6.33 Å². The van der Waals surface area contributed by atoms with E-state index in [1.165, 1.54) is 12.4 Å². The van der Waals surface area contributed by atoms with E-state index in [2.05, 4.69) is 20.2 Å². The van der Waals surface area contributed by atoms with E-state index in [1.807, 2.05) is 18.2 Å². The van der Waals surface area contributed by atoms with Crippen LogP contribution in [-0.2, 0) is 6.54 Å². The number of allylic oxidation sites excluding steroid dienone is 1. The van der Waals surface area contributed by atoms with Crippen LogP contribution in [0.1, 0.15) is 37.8 Å². The van der Waals surface area contributed by atoms with Crippen molar-refractivity contribution in [1.29, 1.82) is 0 Å². The summed E-state index contributed by atoms with van der Waals surface area (Å²) in [6, 6.07) is 14.0. The number of nitrogens with one attached hydrogen (secondary N) is 1. The Morgan fingerprint density at radius 1 is 1.07 bits per heavy atom. The number of aliphatic hydroxyl groups excluding tert-OH is 1. The highest BCUT2D eigenvalue weighted by atomic mass is 16.3. The van der Waals surface area contributed by atoms with Gasteiger partial charge in [-0.15, -0.1) is 0 Å². The van der Waals surface area contributed by atoms with Gasteiger partial charge in [-0.2, -0.15) is 5.10 Å². The molecule has 0 saturated carbocycles. The van der Waals surface area contributed by atoms with Gasteiger partial charge in [-0.3, -0.25) is 19.7 Å². The third kappa shape index (κ3) is 4.07. The zero-order valence-corrected chi connectivity index (χ0v) is 15.8. The zero-order chi connectivity index (χ0) is 20.9. The number of aliphatic hydroxyl groups is 1. The number of benzene rings is 1. The molecular formula is C22H17N5O3. The molecule has 1 aromatic carbocycles. The molecule has 30 heavy (non-hydrogen) atoms. The molecule has 0 aliphatic rings. The number of rotatable bonds is 7. The van der Waals surface area contributed by atoms with E-state index in [1.54, 1.807) is 47.4 Å². The second-order valence-electron chi connectivity index (χ2n) is 6.51. The lowest BCUT2D eigenvalue weighted by Gasteiger charge is -2.07. The Kier molecular flexibility index (Phi) is 5.29. The fraction of sp³-hybridized carbons (Fsp3) is 0.0455. The van der Waals surface area contributed by atoms with Crippen molar-refractivity contribution in [3.63, 3.8) is 0 Å². The van der Waals surface area contributed by atoms with Gasteiger partial charge < -0.3 is 9.67 Å². The maximum Gasteiger partial charge on any atom is 0.215 e. The molecule has 8 nitrogen and oxygen atoms in total. The summed E-state index contributed by atoms with van der Waals surface area (Å²) >= 11 is 0. The van der Waals surface area contributed by atoms with Crippen molar-refractivity contribution in [2.45, 2.75) is 6.54 Å². The minimum absolute atomic E-state index is 0.0103. The second-order valence-corrected chi connectivity index (χ2v) is 6.51. The monoisotopic (exact) mass is 399 g/mol. The smallest absolute Gasteiger partial charge is 0.215 e. The Morgan fingerprint density at radius 3 is 2.53 bits per heavy atom. The molecule has 4 rings (SSSR count). The lowest BCUT2D eigenvalue weighted by atomic mass is 10.1. The number of pyridine rings is 1. The van der Waals surface area contributed by atoms with Gasteiger partial charge in [-0.25, -0.2) is 4.98 Å². The summed E-state index contributed by atoms with van der Waals surface area (Å²) in [5.74, 6) is -1.02. The number of H-pyrrole nitrogens is 1. The largest absolute Gasteiger partial charge is 0.504 e. The van der Waals surface area contributed by atoms with Gasteiger partial charge in [-0.1, -0.05) is 30.3 Å². The van der Waals surface area contributed by atoms with E-state index in [-0.39, 0.29) is 23.1 Å². The second kappa shape index (κ2) is 8.36. The highest BCUT2D eigenvalue weighted by Crippen LogP contribution is 2.18. The Morgan fingerprint density at radius 2 is 1.83 bits per heavy atom. The average molecular weight is 399 g/mol. The molecule has 148 valence electrons. The van der Waals surface area contributed by atoms with Crippen LogP contribution >= 0.6 is 0 Å². The van der Waals surface area contributed by atoms with Gasteiger partial charge in [0.2, 0.25) is 11.6 Å². The molecule has 2 N–H and O–H groups in total. The zero-order valence-electron chi connectivity index (χ0n) is 15.8. The summed E-state index contributed by atoms with van der Waals surface area (Å²) in [7, 11) is 0. The SMILES string of the molecule is O=C(c1ccccc1)c1cc(C(=O)C=C(O)c2nc[nH]n2)n(Cc2ccncc2)c1. The number of carbonyl (C=O) groups is 2. The van der Waals surface area contributed by atoms with Gasteiger partial charge in [0, 0.05) is 42.3 Å². The number of ketones is 2. The Bertz CT molecular complexity index is 1200. The quantitative estimate of drug-likeness (QED) is 0.280. The van der Waals surface area contributed by atoms with Crippen molar-refractivity contribution in [1.82, 2.24) is 24.7 Å². The minimum Gasteiger partial charge on any atom is -0.504 e. The van der Waals surface area contributed by atoms with Crippen molar-refractivity contribution in [3.05, 3.63) is 108 Å². The first-order chi connectivity index (χ1) is 14.6. The third-order valence-electron chi connectivity index (χ3n) is 4.46. The lowest BCUT2D eigenvalue weighted by Crippen LogP contribution is -2.08. The molecule has 0 fully saturated rings. The lowest BCUT2D eigenvalue weighted by molar-refractivity contribution is 0.103. The van der Waals surface area contributed by atoms with Crippen LogP contribution in [0.5, 0.6) is 0 Å². The molecule has 0 unspecified atom stereocenters. The van der Waals surface area contributed by atoms with Crippen molar-refractivity contribution < 1.29 is 14.7 Å². The van der Waals surface area contributed by atoms with Crippen LogP contribution in [0.4, 0.5) is 0 Å². The van der Waals surface area contributed by atoms with Crippen molar-refractivity contribution in [2.24, 2.45) is 0 Å². The van der Waals surface area contributed by atoms with Gasteiger partial charge in [-0.05, 0) is 23.8 Å². The predicted molar refractivity (Wildman–Crippen MR) is 109 cm³/mol. The highest BCUT2D eigenvalue weighted by molar-refractivity contribution is 6.12. The maximum atomic E-state index is 12.9. The highest BCUT2D eigenvalue weighted by Gasteiger charge is 2.19. The molecule has 0 aliphatic heterocycles. The number of carbonyl (C=O) groups excluding carboxylic acids is 2. The molecule has 0 saturated heterocycles. The van der Waals surface area contributed by atoms with E-state index in [0.717, 1.165) is 11.6 Å². The van der Waals surface area contributed by atoms with Gasteiger partial charge >= 0.3 is 0 Å². The first kappa shape index (κ1) is 19.0. The van der Waals surface area contributed by atoms with Crippen LogP contribution in [-0.4, -0.2) is 41.4 Å². The summed E-state index contributed by atoms with van der Waals surface area (Å²) in [4.78, 5) is 33.6. The molecule has 0 amide bonds. The Labute approximate surface area is 171 Å². The van der Waals surface area contributed by atoms with Crippen LogP contribution in [0.3, 0.4) is 0 Å². The number of hydrogen-bond donors (Lipinski definition) is 2. The van der Waals surface area contributed by atoms with Crippen LogP contribution in [0.15, 0.2) is 79.5 Å². The number of aromatic amines is 1. The molecule has 3 heterocycles. The molecular weight excluding hydrogens is 382 g/mol. The summed E-state index contributed by atoms with van der Waals surface area (Å²) in [6.07, 6.45) is 7.29. The Hall–Kier alpha value is -4.33. The molecule has 0 aliphatic carbocycles. The molecule has 0 bridgehead atoms. The van der Waals surface area contributed by atoms with Crippen molar-refractivity contribution in [3.8, 4) is 0 Å². The van der Waals surface area contributed by atoms with Crippen LogP contribution in [0.25, 0.3) is 5.76 Å². The van der Waals surface area contributed by atoms with E-state index >= 15 is 0 Å². The van der Waals surface area contributed by atoms with Gasteiger partial charge in [0.05, 0.1) is 5.69 Å². The topological polar surface area (TPSA) is 114 Å². The van der Waals surface area contributed by atoms with Crippen LogP contribution in [0.2, 0.25) is 0 Å². The first-order valence-electron chi connectivity index (χ1n) is 9.12. The number of aromatic nitrogens is 5. The van der Waals surface area contributed by atoms with Crippen LogP contribution < -0.4 is 0 Å². The molecule has 0 radical (unpaired) electrons. The summed E-state index contributed by atoms with van der Waals surface area (Å²) < 4.78 is 1.68. The summed E-state index contributed by atoms with van der Waals surface area (Å²) in [5, 5.41) is 16.4. The summed E-state index contributed by atoms with van der Waals surface area (Å²) in [5.41, 5.74) is 2.07. The molecule has 0 spiro atoms. The number of hydrogen-bond acceptors (Lipinski definition) is 6. The maximum absolute atomic E-state index is 12.9. The molecule has 3 aromatic heterocycles. The summed E-state index contributed by atoms with van der Waals surface area (Å²) in [6.45, 7) is 0.362. The van der Waals surface area contributed by atoms with E-state index < -0.39 is 5.78 Å². The standard InChI is InChI=1S/C22H17N5O3/c28-19(11-20(29)22-24-14-25-26-22)18-10-17(21(30)16-4-2-1-3-5-16)13-27(18)12-15-6-8-23-9-7-15/h1-11,13-14,29H,12H2,(H,24,25,26). The number of nitrogens with zero attached hydrogens (tertiary/aromatic N) is 4. The van der Waals surface area contributed by atoms with Crippen molar-refractivity contribution >= 4 is 17.3 Å². The van der Waals surface area contributed by atoms with Gasteiger partial charge in [0.15, 0.2) is 11.5 Å². The fourth-order valence-electron chi connectivity index (χ4n) is 3.01.